The van der Waals surface area contributed by atoms with Crippen molar-refractivity contribution in [3.63, 3.8) is 0 Å². The van der Waals surface area contributed by atoms with Crippen LogP contribution in [-0.2, 0) is 0 Å². The van der Waals surface area contributed by atoms with Crippen molar-refractivity contribution in [2.24, 2.45) is 0 Å². The summed E-state index contributed by atoms with van der Waals surface area (Å²) in [6.07, 6.45) is 0. The fourth-order valence-corrected chi connectivity index (χ4v) is 1.33. The lowest BCUT2D eigenvalue weighted by atomic mass is 9.96. The average molecular weight is 261 g/mol. The average Bonchev–Trinajstić information content (AvgIpc) is 1.94. The first-order valence-corrected chi connectivity index (χ1v) is 4.10. The molecule has 1 aromatic rings. The molecule has 0 unspecified atom stereocenters. The molecule has 0 atom stereocenters. The highest BCUT2D eigenvalue weighted by atomic mass is 127. The van der Waals surface area contributed by atoms with Crippen molar-refractivity contribution in [3.05, 3.63) is 31.9 Å². The first-order chi connectivity index (χ1) is 5.13. The van der Waals surface area contributed by atoms with Gasteiger partial charge in [-0.1, -0.05) is 17.6 Å². The summed E-state index contributed by atoms with van der Waals surface area (Å²) in [7, 11) is 1.86. The van der Waals surface area contributed by atoms with Crippen LogP contribution in [0.2, 0.25) is 0 Å². The van der Waals surface area contributed by atoms with Crippen LogP contribution < -0.4 is 5.46 Å². The van der Waals surface area contributed by atoms with Crippen LogP contribution >= 0.6 is 22.6 Å². The number of nitro groups is 1. The number of halogens is 1. The van der Waals surface area contributed by atoms with Gasteiger partial charge in [0.15, 0.2) is 0 Å². The third-order valence-electron chi connectivity index (χ3n) is 1.37. The van der Waals surface area contributed by atoms with Crippen molar-refractivity contribution >= 4 is 41.6 Å². The number of rotatable bonds is 1. The summed E-state index contributed by atoms with van der Waals surface area (Å²) in [5.41, 5.74) is 1.13. The maximum atomic E-state index is 10.4. The molecular weight excluding hydrogens is 256 g/mol. The van der Waals surface area contributed by atoms with E-state index in [1.165, 1.54) is 6.07 Å². The van der Waals surface area contributed by atoms with Crippen LogP contribution in [0.25, 0.3) is 0 Å². The third kappa shape index (κ3) is 1.71. The van der Waals surface area contributed by atoms with Gasteiger partial charge in [-0.15, -0.1) is 0 Å². The summed E-state index contributed by atoms with van der Waals surface area (Å²) in [5.74, 6) is 0. The van der Waals surface area contributed by atoms with Gasteiger partial charge in [-0.2, -0.15) is 0 Å². The van der Waals surface area contributed by atoms with Crippen molar-refractivity contribution in [2.75, 3.05) is 0 Å². The van der Waals surface area contributed by atoms with Crippen molar-refractivity contribution in [1.82, 2.24) is 0 Å². The van der Waals surface area contributed by atoms with Crippen LogP contribution in [-0.4, -0.2) is 12.8 Å². The first kappa shape index (κ1) is 8.51. The SMILES string of the molecule is Bc1cccc([N+](=O)[O-])c1I. The van der Waals surface area contributed by atoms with Crippen LogP contribution in [0.4, 0.5) is 5.69 Å². The molecule has 0 N–H and O–H groups in total. The molecule has 0 aliphatic carbocycles. The molecule has 0 aliphatic rings. The highest BCUT2D eigenvalue weighted by Crippen LogP contribution is 2.16. The molecule has 11 heavy (non-hydrogen) atoms. The Balaban J connectivity index is 3.27. The maximum Gasteiger partial charge on any atom is 0.282 e. The second-order valence-corrected chi connectivity index (χ2v) is 3.24. The van der Waals surface area contributed by atoms with Crippen molar-refractivity contribution in [1.29, 1.82) is 0 Å². The van der Waals surface area contributed by atoms with Crippen LogP contribution in [0.5, 0.6) is 0 Å². The monoisotopic (exact) mass is 261 g/mol. The molecule has 3 nitrogen and oxygen atoms in total. The lowest BCUT2D eigenvalue weighted by Crippen LogP contribution is -2.08. The smallest absolute Gasteiger partial charge is 0.258 e. The molecule has 0 heterocycles. The Morgan fingerprint density at radius 2 is 2.18 bits per heavy atom. The third-order valence-corrected chi connectivity index (χ3v) is 2.77. The van der Waals surface area contributed by atoms with Gasteiger partial charge in [0.05, 0.1) is 8.49 Å². The molecule has 0 saturated heterocycles. The van der Waals surface area contributed by atoms with Crippen molar-refractivity contribution in [2.45, 2.75) is 0 Å². The Morgan fingerprint density at radius 1 is 1.55 bits per heavy atom. The second-order valence-electron chi connectivity index (χ2n) is 2.17. The number of nitrogens with zero attached hydrogens (tertiary/aromatic N) is 1. The first-order valence-electron chi connectivity index (χ1n) is 3.02. The van der Waals surface area contributed by atoms with Gasteiger partial charge in [0.25, 0.3) is 5.69 Å². The van der Waals surface area contributed by atoms with Gasteiger partial charge in [-0.3, -0.25) is 10.1 Å². The second kappa shape index (κ2) is 3.21. The minimum Gasteiger partial charge on any atom is -0.258 e. The zero-order chi connectivity index (χ0) is 8.43. The lowest BCUT2D eigenvalue weighted by Gasteiger charge is -1.97. The van der Waals surface area contributed by atoms with E-state index in [-0.39, 0.29) is 10.6 Å². The summed E-state index contributed by atoms with van der Waals surface area (Å²) in [4.78, 5) is 10.0. The van der Waals surface area contributed by atoms with Crippen LogP contribution in [0, 0.1) is 13.7 Å². The highest BCUT2D eigenvalue weighted by Gasteiger charge is 2.11. The minimum atomic E-state index is -0.366. The molecule has 0 aromatic heterocycles. The normalized spacial score (nSPS) is 9.55. The Hall–Kier alpha value is -0.585. The van der Waals surface area contributed by atoms with E-state index in [1.54, 1.807) is 6.07 Å². The quantitative estimate of drug-likeness (QED) is 0.319. The Morgan fingerprint density at radius 3 is 2.64 bits per heavy atom. The van der Waals surface area contributed by atoms with E-state index in [4.69, 9.17) is 0 Å². The lowest BCUT2D eigenvalue weighted by molar-refractivity contribution is -0.385. The minimum absolute atomic E-state index is 0.186. The Labute approximate surface area is 78.5 Å². The summed E-state index contributed by atoms with van der Waals surface area (Å²) < 4.78 is 0.718. The van der Waals surface area contributed by atoms with Crippen molar-refractivity contribution in [3.8, 4) is 0 Å². The summed E-state index contributed by atoms with van der Waals surface area (Å²) in [6, 6.07) is 5.05. The molecule has 0 fully saturated rings. The molecule has 5 heteroatoms. The molecule has 1 aromatic carbocycles. The summed E-state index contributed by atoms with van der Waals surface area (Å²) >= 11 is 1.98. The molecule has 0 aliphatic heterocycles. The fourth-order valence-electron chi connectivity index (χ4n) is 0.773. The molecule has 56 valence electrons. The predicted molar refractivity (Wildman–Crippen MR) is 54.0 cm³/mol. The highest BCUT2D eigenvalue weighted by molar-refractivity contribution is 14.1. The number of hydrogen-bond donors (Lipinski definition) is 0. The van der Waals surface area contributed by atoms with Crippen molar-refractivity contribution < 1.29 is 4.92 Å². The van der Waals surface area contributed by atoms with Crippen LogP contribution in [0.15, 0.2) is 18.2 Å². The standard InChI is InChI=1S/C6H5BINO2/c7-4-2-1-3-5(6(4)8)9(10)11/h1-3H,7H2. The largest absolute Gasteiger partial charge is 0.282 e. The molecule has 0 bridgehead atoms. The zero-order valence-electron chi connectivity index (χ0n) is 5.87. The number of hydrogen-bond acceptors (Lipinski definition) is 2. The summed E-state index contributed by atoms with van der Waals surface area (Å²) in [6.45, 7) is 0. The van der Waals surface area contributed by atoms with Crippen LogP contribution in [0.3, 0.4) is 0 Å². The van der Waals surface area contributed by atoms with Gasteiger partial charge in [-0.05, 0) is 22.6 Å². The number of benzene rings is 1. The van der Waals surface area contributed by atoms with Gasteiger partial charge < -0.3 is 0 Å². The molecule has 0 radical (unpaired) electrons. The topological polar surface area (TPSA) is 43.1 Å². The maximum absolute atomic E-state index is 10.4. The van der Waals surface area contributed by atoms with E-state index in [1.807, 2.05) is 36.5 Å². The summed E-state index contributed by atoms with van der Waals surface area (Å²) in [5, 5.41) is 10.4. The Kier molecular flexibility index (Phi) is 2.48. The van der Waals surface area contributed by atoms with Gasteiger partial charge >= 0.3 is 0 Å². The molecule has 0 saturated carbocycles. The van der Waals surface area contributed by atoms with Crippen LogP contribution in [0.1, 0.15) is 0 Å². The van der Waals surface area contributed by atoms with E-state index in [0.29, 0.717) is 0 Å². The Bertz CT molecular complexity index is 303. The van der Waals surface area contributed by atoms with E-state index in [9.17, 15) is 10.1 Å². The number of nitro benzene ring substituents is 1. The van der Waals surface area contributed by atoms with Gasteiger partial charge in [0.2, 0.25) is 0 Å². The van der Waals surface area contributed by atoms with Gasteiger partial charge in [0, 0.05) is 6.07 Å². The zero-order valence-corrected chi connectivity index (χ0v) is 8.03. The molecule has 0 amide bonds. The molecule has 0 spiro atoms. The molecule has 1 rings (SSSR count). The fraction of sp³-hybridized carbons (Fsp3) is 0. The van der Waals surface area contributed by atoms with Gasteiger partial charge in [-0.25, -0.2) is 0 Å². The predicted octanol–water partition coefficient (Wildman–Crippen LogP) is 0.458. The molecular formula is C6H5BINO2. The van der Waals surface area contributed by atoms with Gasteiger partial charge in [0.1, 0.15) is 7.85 Å². The van der Waals surface area contributed by atoms with E-state index >= 15 is 0 Å². The van der Waals surface area contributed by atoms with E-state index < -0.39 is 0 Å². The van der Waals surface area contributed by atoms with E-state index in [0.717, 1.165) is 9.03 Å². The van der Waals surface area contributed by atoms with E-state index in [2.05, 4.69) is 0 Å².